The summed E-state index contributed by atoms with van der Waals surface area (Å²) in [6, 6.07) is 12.7. The first-order valence-electron chi connectivity index (χ1n) is 11.0. The average Bonchev–Trinajstić information content (AvgIpc) is 2.86. The summed E-state index contributed by atoms with van der Waals surface area (Å²) in [5.74, 6) is 1.29. The van der Waals surface area contributed by atoms with Gasteiger partial charge in [0.15, 0.2) is 0 Å². The fourth-order valence-electron chi connectivity index (χ4n) is 4.49. The van der Waals surface area contributed by atoms with Gasteiger partial charge in [-0.05, 0) is 50.1 Å². The van der Waals surface area contributed by atoms with Gasteiger partial charge in [-0.2, -0.15) is 5.26 Å². The Bertz CT molecular complexity index is 1260. The van der Waals surface area contributed by atoms with Crippen LogP contribution in [0.5, 0.6) is 11.5 Å². The minimum Gasteiger partial charge on any atom is -0.497 e. The van der Waals surface area contributed by atoms with E-state index in [1.165, 1.54) is 6.20 Å². The molecule has 0 aliphatic carbocycles. The van der Waals surface area contributed by atoms with Gasteiger partial charge < -0.3 is 19.1 Å². The van der Waals surface area contributed by atoms with Crippen molar-refractivity contribution in [2.24, 2.45) is 0 Å². The first-order valence-corrected chi connectivity index (χ1v) is 11.0. The van der Waals surface area contributed by atoms with Crippen molar-refractivity contribution in [2.75, 3.05) is 25.7 Å². The Morgan fingerprint density at radius 3 is 2.76 bits per heavy atom. The van der Waals surface area contributed by atoms with E-state index in [-0.39, 0.29) is 17.8 Å². The molecule has 0 spiro atoms. The van der Waals surface area contributed by atoms with Crippen molar-refractivity contribution < 1.29 is 19.1 Å². The normalized spacial score (nSPS) is 17.7. The highest BCUT2D eigenvalue weighted by Crippen LogP contribution is 2.40. The number of fused-ring (bicyclic) bond motifs is 1. The molecule has 1 saturated heterocycles. The highest BCUT2D eigenvalue weighted by molar-refractivity contribution is 5.97. The summed E-state index contributed by atoms with van der Waals surface area (Å²) in [5, 5.41) is 22.2. The largest absolute Gasteiger partial charge is 0.497 e. The van der Waals surface area contributed by atoms with E-state index in [1.807, 2.05) is 24.0 Å². The highest BCUT2D eigenvalue weighted by atomic mass is 16.6. The van der Waals surface area contributed by atoms with Crippen molar-refractivity contribution in [2.45, 2.75) is 38.5 Å². The number of hydrogen-bond donors (Lipinski definition) is 0. The van der Waals surface area contributed by atoms with Crippen LogP contribution < -0.4 is 14.4 Å². The van der Waals surface area contributed by atoms with E-state index in [2.05, 4.69) is 11.1 Å². The number of rotatable bonds is 7. The van der Waals surface area contributed by atoms with Crippen LogP contribution in [0.4, 0.5) is 11.4 Å². The summed E-state index contributed by atoms with van der Waals surface area (Å²) in [7, 11) is 3.17. The summed E-state index contributed by atoms with van der Waals surface area (Å²) in [6.07, 6.45) is 2.73. The number of aromatic nitrogens is 1. The lowest BCUT2D eigenvalue weighted by Gasteiger charge is -2.38. The van der Waals surface area contributed by atoms with E-state index < -0.39 is 4.92 Å². The number of ether oxygens (including phenoxy) is 3. The second-order valence-electron chi connectivity index (χ2n) is 8.26. The first kappa shape index (κ1) is 23.3. The predicted molar refractivity (Wildman–Crippen MR) is 127 cm³/mol. The predicted octanol–water partition coefficient (Wildman–Crippen LogP) is 4.61. The van der Waals surface area contributed by atoms with Crippen LogP contribution in [0.3, 0.4) is 0 Å². The molecular formula is C25H26N4O5. The van der Waals surface area contributed by atoms with Crippen LogP contribution in [0.1, 0.15) is 30.9 Å². The molecule has 0 N–H and O–H groups in total. The van der Waals surface area contributed by atoms with Gasteiger partial charge in [0.2, 0.25) is 0 Å². The minimum absolute atomic E-state index is 0.0147. The number of benzene rings is 2. The van der Waals surface area contributed by atoms with Crippen LogP contribution >= 0.6 is 0 Å². The first-order chi connectivity index (χ1) is 16.4. The molecule has 0 unspecified atom stereocenters. The average molecular weight is 463 g/mol. The maximum Gasteiger partial charge on any atom is 0.311 e. The Morgan fingerprint density at radius 2 is 2.09 bits per heavy atom. The number of anilines is 1. The van der Waals surface area contributed by atoms with E-state index in [1.54, 1.807) is 38.5 Å². The number of nitro groups is 1. The maximum absolute atomic E-state index is 12.1. The fraction of sp³-hybridized carbons (Fsp3) is 0.360. The molecule has 9 nitrogen and oxygen atoms in total. The van der Waals surface area contributed by atoms with Gasteiger partial charge in [-0.1, -0.05) is 0 Å². The molecule has 34 heavy (non-hydrogen) atoms. The van der Waals surface area contributed by atoms with Gasteiger partial charge in [0.25, 0.3) is 0 Å². The third kappa shape index (κ3) is 4.58. The van der Waals surface area contributed by atoms with Crippen molar-refractivity contribution in [3.05, 3.63) is 63.8 Å². The molecule has 2 heterocycles. The zero-order chi connectivity index (χ0) is 24.2. The van der Waals surface area contributed by atoms with Crippen molar-refractivity contribution in [3.63, 3.8) is 0 Å². The summed E-state index contributed by atoms with van der Waals surface area (Å²) in [5.41, 5.74) is 2.21. The van der Waals surface area contributed by atoms with E-state index >= 15 is 0 Å². The second-order valence-corrected chi connectivity index (χ2v) is 8.26. The van der Waals surface area contributed by atoms with Gasteiger partial charge in [-0.3, -0.25) is 10.1 Å². The Labute approximate surface area is 197 Å². The molecule has 0 saturated carbocycles. The number of hydrogen-bond acceptors (Lipinski definition) is 8. The zero-order valence-corrected chi connectivity index (χ0v) is 19.4. The van der Waals surface area contributed by atoms with Crippen molar-refractivity contribution >= 4 is 22.3 Å². The van der Waals surface area contributed by atoms with Crippen molar-refractivity contribution in [3.8, 4) is 17.6 Å². The molecule has 1 aromatic heterocycles. The van der Waals surface area contributed by atoms with Gasteiger partial charge in [0, 0.05) is 36.2 Å². The monoisotopic (exact) mass is 462 g/mol. The van der Waals surface area contributed by atoms with Crippen LogP contribution in [0, 0.1) is 21.4 Å². The maximum atomic E-state index is 12.1. The van der Waals surface area contributed by atoms with Crippen molar-refractivity contribution in [1.29, 1.82) is 5.26 Å². The van der Waals surface area contributed by atoms with E-state index in [4.69, 9.17) is 14.2 Å². The van der Waals surface area contributed by atoms with E-state index in [0.29, 0.717) is 59.6 Å². The van der Waals surface area contributed by atoms with Crippen LogP contribution in [0.25, 0.3) is 10.9 Å². The third-order valence-electron chi connectivity index (χ3n) is 6.17. The standard InChI is InChI=1S/C25H26N4O5/c1-16-10-19(8-9-34-16)28(15-18-5-6-20(32-2)12-24(18)33-3)25-21-11-17(13-26)4-7-22(21)27-14-23(25)29(30)31/h4-7,11-12,14,16,19H,8-10,15H2,1-3H3/t16-,19-/m1/s1. The molecule has 4 rings (SSSR count). The molecule has 2 atom stereocenters. The van der Waals surface area contributed by atoms with E-state index in [9.17, 15) is 15.4 Å². The van der Waals surface area contributed by atoms with Crippen molar-refractivity contribution in [1.82, 2.24) is 4.98 Å². The molecule has 1 fully saturated rings. The molecule has 0 bridgehead atoms. The van der Waals surface area contributed by atoms with Gasteiger partial charge in [-0.15, -0.1) is 0 Å². The molecule has 1 aliphatic rings. The molecule has 176 valence electrons. The lowest BCUT2D eigenvalue weighted by molar-refractivity contribution is -0.384. The Morgan fingerprint density at radius 1 is 1.26 bits per heavy atom. The van der Waals surface area contributed by atoms with Gasteiger partial charge >= 0.3 is 5.69 Å². The molecule has 1 aliphatic heterocycles. The van der Waals surface area contributed by atoms with Gasteiger partial charge in [0.1, 0.15) is 23.4 Å². The van der Waals surface area contributed by atoms with Gasteiger partial charge in [-0.25, -0.2) is 4.98 Å². The van der Waals surface area contributed by atoms with E-state index in [0.717, 1.165) is 5.56 Å². The van der Waals surface area contributed by atoms with Crippen LogP contribution in [-0.2, 0) is 11.3 Å². The second kappa shape index (κ2) is 9.93. The number of methoxy groups -OCH3 is 2. The summed E-state index contributed by atoms with van der Waals surface area (Å²) in [4.78, 5) is 18.1. The third-order valence-corrected chi connectivity index (χ3v) is 6.17. The zero-order valence-electron chi connectivity index (χ0n) is 19.4. The Hall–Kier alpha value is -3.90. The molecule has 0 radical (unpaired) electrons. The topological polar surface area (TPSA) is 111 Å². The fourth-order valence-corrected chi connectivity index (χ4v) is 4.49. The molecule has 0 amide bonds. The number of nitrogens with zero attached hydrogens (tertiary/aromatic N) is 4. The van der Waals surface area contributed by atoms with Crippen LogP contribution in [0.2, 0.25) is 0 Å². The summed E-state index contributed by atoms with van der Waals surface area (Å²) < 4.78 is 16.7. The Balaban J connectivity index is 1.93. The highest BCUT2D eigenvalue weighted by Gasteiger charge is 2.32. The molecule has 3 aromatic rings. The lowest BCUT2D eigenvalue weighted by atomic mass is 9.98. The quantitative estimate of drug-likeness (QED) is 0.370. The smallest absolute Gasteiger partial charge is 0.311 e. The minimum atomic E-state index is -0.415. The summed E-state index contributed by atoms with van der Waals surface area (Å²) in [6.45, 7) is 2.93. The summed E-state index contributed by atoms with van der Waals surface area (Å²) >= 11 is 0. The molecular weight excluding hydrogens is 436 g/mol. The van der Waals surface area contributed by atoms with Crippen LogP contribution in [0.15, 0.2) is 42.6 Å². The van der Waals surface area contributed by atoms with Crippen LogP contribution in [-0.4, -0.2) is 42.9 Å². The molecule has 2 aromatic carbocycles. The SMILES string of the molecule is COc1ccc(CN(c2c([N+](=O)[O-])cnc3ccc(C#N)cc23)[C@@H]2CCO[C@H](C)C2)c(OC)c1. The Kier molecular flexibility index (Phi) is 6.80. The van der Waals surface area contributed by atoms with Gasteiger partial charge in [0.05, 0.1) is 42.4 Å². The number of pyridine rings is 1. The lowest BCUT2D eigenvalue weighted by Crippen LogP contribution is -2.42. The number of nitriles is 1. The molecule has 9 heteroatoms.